The molecule has 5 nitrogen and oxygen atoms in total. The van der Waals surface area contributed by atoms with Gasteiger partial charge in [0, 0.05) is 16.8 Å². The maximum absolute atomic E-state index is 12.8. The summed E-state index contributed by atoms with van der Waals surface area (Å²) in [6.07, 6.45) is -4.48. The Morgan fingerprint density at radius 3 is 2.77 bits per heavy atom. The first-order valence-electron chi connectivity index (χ1n) is 7.71. The van der Waals surface area contributed by atoms with Crippen LogP contribution in [0.5, 0.6) is 5.75 Å². The molecule has 26 heavy (non-hydrogen) atoms. The van der Waals surface area contributed by atoms with Gasteiger partial charge < -0.3 is 10.1 Å². The van der Waals surface area contributed by atoms with Gasteiger partial charge in [-0.2, -0.15) is 18.3 Å². The Kier molecular flexibility index (Phi) is 3.68. The second-order valence-corrected chi connectivity index (χ2v) is 5.74. The number of halogens is 3. The lowest BCUT2D eigenvalue weighted by Gasteiger charge is -2.17. The molecule has 0 unspecified atom stereocenters. The molecule has 0 atom stereocenters. The molecule has 0 bridgehead atoms. The Balaban J connectivity index is 1.63. The van der Waals surface area contributed by atoms with Gasteiger partial charge in [0.15, 0.2) is 0 Å². The number of aromatic nitrogens is 2. The van der Waals surface area contributed by atoms with Crippen LogP contribution in [0, 0.1) is 0 Å². The number of nitrogens with one attached hydrogen (secondary N) is 2. The summed E-state index contributed by atoms with van der Waals surface area (Å²) in [6, 6.07) is 11.7. The number of aromatic amines is 1. The molecule has 1 amide bonds. The van der Waals surface area contributed by atoms with E-state index in [1.165, 1.54) is 12.1 Å². The van der Waals surface area contributed by atoms with Gasteiger partial charge in [-0.1, -0.05) is 18.2 Å². The Hall–Kier alpha value is -3.29. The molecule has 0 aliphatic carbocycles. The molecular formula is C18H12F3N3O2. The summed E-state index contributed by atoms with van der Waals surface area (Å²) in [5, 5.41) is 9.29. The van der Waals surface area contributed by atoms with E-state index in [4.69, 9.17) is 4.74 Å². The minimum Gasteiger partial charge on any atom is -0.488 e. The van der Waals surface area contributed by atoms with Gasteiger partial charge in [0.25, 0.3) is 5.91 Å². The van der Waals surface area contributed by atoms with Gasteiger partial charge in [-0.25, -0.2) is 0 Å². The fourth-order valence-corrected chi connectivity index (χ4v) is 2.82. The SMILES string of the molecule is O=C(Nc1cccc(C(F)(F)F)c1)c1[nH]nc2c1COc1ccccc1-2. The number of amides is 1. The summed E-state index contributed by atoms with van der Waals surface area (Å²) in [6.45, 7) is 0.147. The summed E-state index contributed by atoms with van der Waals surface area (Å²) >= 11 is 0. The van der Waals surface area contributed by atoms with Crippen molar-refractivity contribution in [2.24, 2.45) is 0 Å². The van der Waals surface area contributed by atoms with E-state index in [-0.39, 0.29) is 18.0 Å². The number of hydrogen-bond acceptors (Lipinski definition) is 3. The van der Waals surface area contributed by atoms with Crippen LogP contribution in [-0.4, -0.2) is 16.1 Å². The number of ether oxygens (including phenoxy) is 1. The van der Waals surface area contributed by atoms with E-state index in [0.717, 1.165) is 17.7 Å². The van der Waals surface area contributed by atoms with E-state index in [2.05, 4.69) is 15.5 Å². The van der Waals surface area contributed by atoms with Crippen molar-refractivity contribution in [3.63, 3.8) is 0 Å². The maximum atomic E-state index is 12.8. The van der Waals surface area contributed by atoms with E-state index in [1.807, 2.05) is 18.2 Å². The summed E-state index contributed by atoms with van der Waals surface area (Å²) in [5.41, 5.74) is 1.29. The molecule has 3 aromatic rings. The number of H-pyrrole nitrogens is 1. The fourth-order valence-electron chi connectivity index (χ4n) is 2.82. The van der Waals surface area contributed by atoms with Crippen LogP contribution >= 0.6 is 0 Å². The fraction of sp³-hybridized carbons (Fsp3) is 0.111. The number of anilines is 1. The standard InChI is InChI=1S/C18H12F3N3O2/c19-18(20,21)10-4-3-5-11(8-10)22-17(25)16-13-9-26-14-7-2-1-6-12(14)15(13)23-24-16/h1-8H,9H2,(H,22,25)(H,23,24). The maximum Gasteiger partial charge on any atom is 0.416 e. The van der Waals surface area contributed by atoms with E-state index < -0.39 is 17.6 Å². The zero-order valence-corrected chi connectivity index (χ0v) is 13.2. The van der Waals surface area contributed by atoms with Crippen LogP contribution in [0.2, 0.25) is 0 Å². The second-order valence-electron chi connectivity index (χ2n) is 5.74. The molecule has 2 heterocycles. The predicted octanol–water partition coefficient (Wildman–Crippen LogP) is 4.24. The highest BCUT2D eigenvalue weighted by Crippen LogP contribution is 2.37. The number of fused-ring (bicyclic) bond motifs is 3. The first-order valence-corrected chi connectivity index (χ1v) is 7.71. The third kappa shape index (κ3) is 2.79. The smallest absolute Gasteiger partial charge is 0.416 e. The third-order valence-corrected chi connectivity index (χ3v) is 4.06. The summed E-state index contributed by atoms with van der Waals surface area (Å²) in [5.74, 6) is 0.0809. The molecule has 132 valence electrons. The molecule has 8 heteroatoms. The lowest BCUT2D eigenvalue weighted by atomic mass is 10.0. The molecule has 1 aromatic heterocycles. The highest BCUT2D eigenvalue weighted by atomic mass is 19.4. The van der Waals surface area contributed by atoms with Crippen molar-refractivity contribution in [2.75, 3.05) is 5.32 Å². The largest absolute Gasteiger partial charge is 0.488 e. The second kappa shape index (κ2) is 5.91. The Morgan fingerprint density at radius 1 is 1.15 bits per heavy atom. The van der Waals surface area contributed by atoms with Crippen molar-refractivity contribution in [2.45, 2.75) is 12.8 Å². The van der Waals surface area contributed by atoms with Crippen molar-refractivity contribution in [3.05, 3.63) is 65.4 Å². The third-order valence-electron chi connectivity index (χ3n) is 4.06. The minimum atomic E-state index is -4.48. The first kappa shape index (κ1) is 16.2. The van der Waals surface area contributed by atoms with E-state index in [0.29, 0.717) is 17.0 Å². The van der Waals surface area contributed by atoms with Crippen molar-refractivity contribution in [1.29, 1.82) is 0 Å². The quantitative estimate of drug-likeness (QED) is 0.719. The normalized spacial score (nSPS) is 12.7. The number of hydrogen-bond donors (Lipinski definition) is 2. The Bertz CT molecular complexity index is 995. The van der Waals surface area contributed by atoms with Crippen LogP contribution in [0.4, 0.5) is 18.9 Å². The molecule has 0 saturated carbocycles. The molecule has 0 spiro atoms. The molecule has 1 aliphatic rings. The molecule has 1 aliphatic heterocycles. The number of carbonyl (C=O) groups is 1. The average molecular weight is 359 g/mol. The average Bonchev–Trinajstić information content (AvgIpc) is 3.06. The van der Waals surface area contributed by atoms with E-state index in [9.17, 15) is 18.0 Å². The van der Waals surface area contributed by atoms with E-state index >= 15 is 0 Å². The molecule has 0 saturated heterocycles. The summed E-state index contributed by atoms with van der Waals surface area (Å²) in [7, 11) is 0. The minimum absolute atomic E-state index is 0.0466. The number of benzene rings is 2. The highest BCUT2D eigenvalue weighted by Gasteiger charge is 2.31. The topological polar surface area (TPSA) is 67.0 Å². The summed E-state index contributed by atoms with van der Waals surface area (Å²) in [4.78, 5) is 12.5. The molecule has 2 N–H and O–H groups in total. The number of para-hydroxylation sites is 1. The number of nitrogens with zero attached hydrogens (tertiary/aromatic N) is 1. The lowest BCUT2D eigenvalue weighted by Crippen LogP contribution is -2.17. The molecule has 0 fully saturated rings. The number of rotatable bonds is 2. The zero-order chi connectivity index (χ0) is 18.3. The lowest BCUT2D eigenvalue weighted by molar-refractivity contribution is -0.137. The number of alkyl halides is 3. The Labute approximate surface area is 145 Å². The molecule has 4 rings (SSSR count). The molecule has 2 aromatic carbocycles. The van der Waals surface area contributed by atoms with Crippen LogP contribution in [0.15, 0.2) is 48.5 Å². The highest BCUT2D eigenvalue weighted by molar-refractivity contribution is 6.05. The van der Waals surface area contributed by atoms with Crippen LogP contribution in [-0.2, 0) is 12.8 Å². The van der Waals surface area contributed by atoms with Crippen molar-refractivity contribution >= 4 is 11.6 Å². The zero-order valence-electron chi connectivity index (χ0n) is 13.2. The monoisotopic (exact) mass is 359 g/mol. The predicted molar refractivity (Wildman–Crippen MR) is 87.8 cm³/mol. The van der Waals surface area contributed by atoms with Crippen molar-refractivity contribution in [3.8, 4) is 17.0 Å². The van der Waals surface area contributed by atoms with Gasteiger partial charge in [0.2, 0.25) is 0 Å². The van der Waals surface area contributed by atoms with Gasteiger partial charge in [0.1, 0.15) is 23.7 Å². The van der Waals surface area contributed by atoms with Gasteiger partial charge in [-0.3, -0.25) is 9.89 Å². The molecule has 0 radical (unpaired) electrons. The first-order chi connectivity index (χ1) is 12.4. The molecular weight excluding hydrogens is 347 g/mol. The number of carbonyl (C=O) groups excluding carboxylic acids is 1. The van der Waals surface area contributed by atoms with Crippen molar-refractivity contribution in [1.82, 2.24) is 10.2 Å². The van der Waals surface area contributed by atoms with Gasteiger partial charge >= 0.3 is 6.18 Å². The van der Waals surface area contributed by atoms with Crippen LogP contribution in [0.1, 0.15) is 21.6 Å². The van der Waals surface area contributed by atoms with Gasteiger partial charge in [-0.05, 0) is 30.3 Å². The van der Waals surface area contributed by atoms with Gasteiger partial charge in [0.05, 0.1) is 5.56 Å². The Morgan fingerprint density at radius 2 is 1.96 bits per heavy atom. The van der Waals surface area contributed by atoms with Crippen molar-refractivity contribution < 1.29 is 22.7 Å². The van der Waals surface area contributed by atoms with E-state index in [1.54, 1.807) is 6.07 Å². The van der Waals surface area contributed by atoms with Crippen LogP contribution in [0.25, 0.3) is 11.3 Å². The van der Waals surface area contributed by atoms with Crippen LogP contribution in [0.3, 0.4) is 0 Å². The van der Waals surface area contributed by atoms with Gasteiger partial charge in [-0.15, -0.1) is 0 Å². The summed E-state index contributed by atoms with van der Waals surface area (Å²) < 4.78 is 44.0. The van der Waals surface area contributed by atoms with Crippen LogP contribution < -0.4 is 10.1 Å².